The van der Waals surface area contributed by atoms with E-state index in [9.17, 15) is 9.59 Å². The molecule has 0 saturated carbocycles. The average molecular weight is 484 g/mol. The zero-order valence-corrected chi connectivity index (χ0v) is 20.6. The third-order valence-corrected chi connectivity index (χ3v) is 5.74. The fourth-order valence-corrected chi connectivity index (χ4v) is 4.20. The second kappa shape index (κ2) is 9.95. The molecule has 35 heavy (non-hydrogen) atoms. The van der Waals surface area contributed by atoms with E-state index < -0.39 is 17.4 Å². The molecule has 0 bridgehead atoms. The van der Waals surface area contributed by atoms with Crippen molar-refractivity contribution in [2.75, 3.05) is 26.0 Å². The Morgan fingerprint density at radius 1 is 1.29 bits per heavy atom. The molecule has 1 aromatic carbocycles. The number of hydrogen-bond donors (Lipinski definition) is 1. The van der Waals surface area contributed by atoms with E-state index >= 15 is 4.39 Å². The number of ether oxygens (including phenoxy) is 1. The van der Waals surface area contributed by atoms with Crippen LogP contribution < -0.4 is 15.7 Å². The van der Waals surface area contributed by atoms with Gasteiger partial charge in [-0.15, -0.1) is 5.10 Å². The van der Waals surface area contributed by atoms with Gasteiger partial charge in [0.25, 0.3) is 5.91 Å². The average Bonchev–Trinajstić information content (AvgIpc) is 3.12. The lowest BCUT2D eigenvalue weighted by atomic mass is 10.1. The van der Waals surface area contributed by atoms with E-state index in [-0.39, 0.29) is 28.9 Å². The van der Waals surface area contributed by atoms with E-state index in [2.05, 4.69) is 20.4 Å². The number of carbonyl (C=O) groups excluding carboxylic acids is 1. The first-order valence-electron chi connectivity index (χ1n) is 11.6. The summed E-state index contributed by atoms with van der Waals surface area (Å²) < 4.78 is 24.0. The zero-order valence-electron chi connectivity index (χ0n) is 20.6. The molecule has 186 valence electrons. The van der Waals surface area contributed by atoms with Crippen LogP contribution in [0.2, 0.25) is 0 Å². The summed E-state index contributed by atoms with van der Waals surface area (Å²) in [5.74, 6) is -0.314. The molecule has 1 atom stereocenters. The molecule has 1 aliphatic heterocycles. The Morgan fingerprint density at radius 2 is 2.06 bits per heavy atom. The minimum atomic E-state index is -0.757. The second-order valence-electron chi connectivity index (χ2n) is 9.11. The lowest BCUT2D eigenvalue weighted by Crippen LogP contribution is -2.29. The third kappa shape index (κ3) is 5.24. The lowest BCUT2D eigenvalue weighted by Gasteiger charge is -2.21. The minimum Gasteiger partial charge on any atom is -0.488 e. The van der Waals surface area contributed by atoms with Gasteiger partial charge in [-0.25, -0.2) is 14.2 Å². The number of halogens is 1. The highest BCUT2D eigenvalue weighted by Crippen LogP contribution is 2.28. The predicted molar refractivity (Wildman–Crippen MR) is 129 cm³/mol. The van der Waals surface area contributed by atoms with Crippen LogP contribution in [0.1, 0.15) is 47.3 Å². The molecule has 0 radical (unpaired) electrons. The molecule has 0 saturated heterocycles. The fourth-order valence-electron chi connectivity index (χ4n) is 4.20. The fraction of sp³-hybridized carbons (Fsp3) is 0.458. The number of rotatable bonds is 7. The number of likely N-dealkylation sites (N-methyl/N-ethyl adjacent to an activating group) is 1. The first kappa shape index (κ1) is 24.5. The van der Waals surface area contributed by atoms with Crippen LogP contribution in [0.4, 0.5) is 10.2 Å². The number of aryl methyl sites for hydroxylation is 3. The number of amides is 1. The number of fused-ring (bicyclic) bond motifs is 1. The van der Waals surface area contributed by atoms with E-state index in [1.165, 1.54) is 12.3 Å². The van der Waals surface area contributed by atoms with Crippen molar-refractivity contribution in [1.82, 2.24) is 29.2 Å². The normalized spacial score (nSPS) is 14.0. The Kier molecular flexibility index (Phi) is 6.97. The van der Waals surface area contributed by atoms with Gasteiger partial charge < -0.3 is 15.0 Å². The van der Waals surface area contributed by atoms with Crippen molar-refractivity contribution in [3.8, 4) is 11.4 Å². The summed E-state index contributed by atoms with van der Waals surface area (Å²) in [6, 6.07) is 2.44. The van der Waals surface area contributed by atoms with Crippen molar-refractivity contribution in [2.24, 2.45) is 0 Å². The van der Waals surface area contributed by atoms with Crippen molar-refractivity contribution in [3.05, 3.63) is 57.4 Å². The number of anilines is 1. The molecule has 1 aliphatic rings. The first-order valence-corrected chi connectivity index (χ1v) is 11.6. The quantitative estimate of drug-likeness (QED) is 0.550. The van der Waals surface area contributed by atoms with Crippen molar-refractivity contribution in [2.45, 2.75) is 52.7 Å². The Morgan fingerprint density at radius 3 is 2.74 bits per heavy atom. The van der Waals surface area contributed by atoms with Gasteiger partial charge in [-0.3, -0.25) is 14.3 Å². The van der Waals surface area contributed by atoms with Gasteiger partial charge in [0.15, 0.2) is 5.82 Å². The lowest BCUT2D eigenvalue weighted by molar-refractivity contribution is 0.101. The van der Waals surface area contributed by atoms with Gasteiger partial charge in [0.2, 0.25) is 0 Å². The van der Waals surface area contributed by atoms with E-state index in [0.29, 0.717) is 36.7 Å². The van der Waals surface area contributed by atoms with Crippen LogP contribution in [0, 0.1) is 19.7 Å². The molecule has 11 heteroatoms. The van der Waals surface area contributed by atoms with Crippen LogP contribution in [0.5, 0.6) is 5.75 Å². The molecular formula is C24H30FN7O3. The van der Waals surface area contributed by atoms with Crippen LogP contribution in [0.15, 0.2) is 23.1 Å². The topological polar surface area (TPSA) is 107 Å². The Hall–Kier alpha value is -3.60. The summed E-state index contributed by atoms with van der Waals surface area (Å²) >= 11 is 0. The number of carbonyl (C=O) groups is 1. The zero-order chi connectivity index (χ0) is 25.3. The molecule has 1 amide bonds. The number of benzene rings is 1. The maximum atomic E-state index is 15.4. The van der Waals surface area contributed by atoms with Crippen molar-refractivity contribution in [3.63, 3.8) is 0 Å². The van der Waals surface area contributed by atoms with Gasteiger partial charge in [-0.05, 0) is 53.8 Å². The molecule has 0 unspecified atom stereocenters. The van der Waals surface area contributed by atoms with Gasteiger partial charge >= 0.3 is 5.69 Å². The van der Waals surface area contributed by atoms with Crippen LogP contribution in [-0.2, 0) is 13.0 Å². The molecule has 3 aromatic rings. The first-order chi connectivity index (χ1) is 16.6. The van der Waals surface area contributed by atoms with Crippen LogP contribution in [-0.4, -0.2) is 61.9 Å². The molecule has 2 aromatic heterocycles. The molecule has 4 rings (SSSR count). The Bertz CT molecular complexity index is 1320. The predicted octanol–water partition coefficient (Wildman–Crippen LogP) is 2.50. The molecular weight excluding hydrogens is 453 g/mol. The van der Waals surface area contributed by atoms with Crippen LogP contribution in [0.3, 0.4) is 0 Å². The monoisotopic (exact) mass is 483 g/mol. The summed E-state index contributed by atoms with van der Waals surface area (Å²) in [7, 11) is 3.80. The number of nitrogens with zero attached hydrogens (tertiary/aromatic N) is 6. The summed E-state index contributed by atoms with van der Waals surface area (Å²) in [5.41, 5.74) is 0.760. The third-order valence-electron chi connectivity index (χ3n) is 5.74. The van der Waals surface area contributed by atoms with Crippen molar-refractivity contribution < 1.29 is 13.9 Å². The minimum absolute atomic E-state index is 0.0179. The maximum Gasteiger partial charge on any atom is 0.350 e. The number of aromatic nitrogens is 5. The number of hydrogen-bond acceptors (Lipinski definition) is 7. The second-order valence-corrected chi connectivity index (χ2v) is 9.11. The van der Waals surface area contributed by atoms with Gasteiger partial charge in [0.05, 0.1) is 23.1 Å². The van der Waals surface area contributed by atoms with Gasteiger partial charge in [-0.2, -0.15) is 4.68 Å². The summed E-state index contributed by atoms with van der Waals surface area (Å²) in [6.07, 6.45) is 3.68. The van der Waals surface area contributed by atoms with E-state index in [1.807, 2.05) is 25.9 Å². The molecule has 3 heterocycles. The summed E-state index contributed by atoms with van der Waals surface area (Å²) in [6.45, 7) is 6.49. The molecule has 1 N–H and O–H groups in total. The van der Waals surface area contributed by atoms with Gasteiger partial charge in [-0.1, -0.05) is 0 Å². The van der Waals surface area contributed by atoms with E-state index in [4.69, 9.17) is 4.74 Å². The number of nitrogens with one attached hydrogen (secondary N) is 1. The molecule has 10 nitrogen and oxygen atoms in total. The molecule has 0 aliphatic carbocycles. The highest BCUT2D eigenvalue weighted by atomic mass is 19.1. The molecule has 0 spiro atoms. The largest absolute Gasteiger partial charge is 0.488 e. The highest BCUT2D eigenvalue weighted by molar-refractivity contribution is 6.06. The Labute approximate surface area is 202 Å². The SMILES string of the molecule is Cc1cnc(NC(=O)c2cc(F)c(-n3nc4n(c3=O)CCCC4)cc2O[C@@H](C)CN(C)C)c(C)n1. The highest BCUT2D eigenvalue weighted by Gasteiger charge is 2.24. The van der Waals surface area contributed by atoms with Crippen LogP contribution in [0.25, 0.3) is 5.69 Å². The smallest absolute Gasteiger partial charge is 0.350 e. The summed E-state index contributed by atoms with van der Waals surface area (Å²) in [4.78, 5) is 36.6. The van der Waals surface area contributed by atoms with Crippen molar-refractivity contribution >= 4 is 11.7 Å². The van der Waals surface area contributed by atoms with Crippen molar-refractivity contribution in [1.29, 1.82) is 0 Å². The molecule has 0 fully saturated rings. The van der Waals surface area contributed by atoms with Crippen LogP contribution >= 0.6 is 0 Å². The van der Waals surface area contributed by atoms with Gasteiger partial charge in [0, 0.05) is 25.6 Å². The maximum absolute atomic E-state index is 15.4. The van der Waals surface area contributed by atoms with E-state index in [1.54, 1.807) is 18.4 Å². The summed E-state index contributed by atoms with van der Waals surface area (Å²) in [5, 5.41) is 7.04. The Balaban J connectivity index is 1.76. The standard InChI is InChI=1S/C24H30FN7O3/c1-14-12-26-22(16(3)27-14)28-23(33)17-10-18(25)19(11-20(17)35-15(2)13-30(4)5)32-24(34)31-9-7-6-8-21(31)29-32/h10-12,15H,6-9,13H2,1-5H3,(H,26,28,33)/t15-/m0/s1. The van der Waals surface area contributed by atoms with Gasteiger partial charge in [0.1, 0.15) is 29.2 Å². The van der Waals surface area contributed by atoms with E-state index in [0.717, 1.165) is 23.6 Å².